The number of carbonyl (C=O) groups excluding carboxylic acids is 1. The van der Waals surface area contributed by atoms with Gasteiger partial charge in [0.1, 0.15) is 0 Å². The highest BCUT2D eigenvalue weighted by Crippen LogP contribution is 2.41. The van der Waals surface area contributed by atoms with E-state index in [-0.39, 0.29) is 11.3 Å². The lowest BCUT2D eigenvalue weighted by molar-refractivity contribution is -0.126. The van der Waals surface area contributed by atoms with E-state index in [0.29, 0.717) is 6.04 Å². The van der Waals surface area contributed by atoms with Crippen LogP contribution < -0.4 is 10.6 Å². The third kappa shape index (κ3) is 3.09. The highest BCUT2D eigenvalue weighted by molar-refractivity contribution is 6.30. The summed E-state index contributed by atoms with van der Waals surface area (Å²) in [4.78, 5) is 12.8. The molecule has 0 aromatic heterocycles. The number of carbonyl (C=O) groups is 1. The number of hydrogen-bond acceptors (Lipinski definition) is 2. The van der Waals surface area contributed by atoms with Crippen molar-refractivity contribution in [2.45, 2.75) is 50.0 Å². The number of benzene rings is 1. The molecule has 1 saturated carbocycles. The van der Waals surface area contributed by atoms with Crippen molar-refractivity contribution in [2.75, 3.05) is 13.1 Å². The topological polar surface area (TPSA) is 41.1 Å². The third-order valence-electron chi connectivity index (χ3n) is 4.96. The molecule has 0 spiro atoms. The van der Waals surface area contributed by atoms with Gasteiger partial charge in [-0.25, -0.2) is 0 Å². The molecule has 3 nitrogen and oxygen atoms in total. The predicted octanol–water partition coefficient (Wildman–Crippen LogP) is 3.02. The van der Waals surface area contributed by atoms with Gasteiger partial charge in [0.15, 0.2) is 0 Å². The van der Waals surface area contributed by atoms with Crippen molar-refractivity contribution in [1.82, 2.24) is 10.6 Å². The molecule has 1 aromatic carbocycles. The van der Waals surface area contributed by atoms with E-state index in [1.807, 2.05) is 24.3 Å². The molecule has 0 radical (unpaired) electrons. The molecule has 114 valence electrons. The summed E-state index contributed by atoms with van der Waals surface area (Å²) in [6.45, 7) is 1.82. The molecule has 1 aliphatic heterocycles. The fraction of sp³-hybridized carbons (Fsp3) is 0.588. The molecular formula is C17H23ClN2O. The first-order valence-corrected chi connectivity index (χ1v) is 8.36. The summed E-state index contributed by atoms with van der Waals surface area (Å²) in [5.74, 6) is 0.191. The molecule has 3 rings (SSSR count). The standard InChI is InChI=1S/C17H23ClN2O/c18-14-7-5-13(6-8-14)17(9-1-2-10-17)16(21)20-12-15-4-3-11-19-15/h5-8,15,19H,1-4,9-12H2,(H,20,21). The van der Waals surface area contributed by atoms with Crippen LogP contribution in [0.5, 0.6) is 0 Å². The Morgan fingerprint density at radius 3 is 2.57 bits per heavy atom. The van der Waals surface area contributed by atoms with E-state index in [1.165, 1.54) is 6.42 Å². The van der Waals surface area contributed by atoms with Crippen LogP contribution >= 0.6 is 11.6 Å². The molecule has 1 saturated heterocycles. The average molecular weight is 307 g/mol. The fourth-order valence-corrected chi connectivity index (χ4v) is 3.84. The van der Waals surface area contributed by atoms with Crippen LogP contribution in [0, 0.1) is 0 Å². The Kier molecular flexibility index (Phi) is 4.51. The van der Waals surface area contributed by atoms with E-state index < -0.39 is 0 Å². The monoisotopic (exact) mass is 306 g/mol. The van der Waals surface area contributed by atoms with Gasteiger partial charge in [0.25, 0.3) is 0 Å². The molecule has 1 amide bonds. The van der Waals surface area contributed by atoms with Crippen molar-refractivity contribution in [3.05, 3.63) is 34.9 Å². The number of rotatable bonds is 4. The largest absolute Gasteiger partial charge is 0.354 e. The quantitative estimate of drug-likeness (QED) is 0.898. The van der Waals surface area contributed by atoms with Gasteiger partial charge < -0.3 is 10.6 Å². The predicted molar refractivity (Wildman–Crippen MR) is 85.6 cm³/mol. The summed E-state index contributed by atoms with van der Waals surface area (Å²) in [5.41, 5.74) is 0.768. The summed E-state index contributed by atoms with van der Waals surface area (Å²) in [7, 11) is 0. The third-order valence-corrected chi connectivity index (χ3v) is 5.21. The maximum atomic E-state index is 12.8. The van der Waals surface area contributed by atoms with Crippen molar-refractivity contribution in [3.8, 4) is 0 Å². The number of halogens is 1. The Hall–Kier alpha value is -1.06. The van der Waals surface area contributed by atoms with Crippen LogP contribution in [0.25, 0.3) is 0 Å². The first kappa shape index (κ1) is 14.9. The molecule has 4 heteroatoms. The second-order valence-corrected chi connectivity index (χ2v) is 6.74. The molecule has 21 heavy (non-hydrogen) atoms. The number of nitrogens with one attached hydrogen (secondary N) is 2. The van der Waals surface area contributed by atoms with E-state index in [4.69, 9.17) is 11.6 Å². The fourth-order valence-electron chi connectivity index (χ4n) is 3.71. The first-order valence-electron chi connectivity index (χ1n) is 7.98. The Balaban J connectivity index is 1.73. The molecular weight excluding hydrogens is 284 g/mol. The first-order chi connectivity index (χ1) is 10.2. The second-order valence-electron chi connectivity index (χ2n) is 6.30. The average Bonchev–Trinajstić information content (AvgIpc) is 3.17. The molecule has 1 aromatic rings. The SMILES string of the molecule is O=C(NCC1CCCN1)C1(c2ccc(Cl)cc2)CCCC1. The molecule has 1 aliphatic carbocycles. The summed E-state index contributed by atoms with van der Waals surface area (Å²) in [6, 6.07) is 8.26. The van der Waals surface area contributed by atoms with Gasteiger partial charge in [-0.2, -0.15) is 0 Å². The second kappa shape index (κ2) is 6.37. The zero-order chi connectivity index (χ0) is 14.7. The van der Waals surface area contributed by atoms with Gasteiger partial charge in [-0.05, 0) is 49.9 Å². The zero-order valence-corrected chi connectivity index (χ0v) is 13.1. The van der Waals surface area contributed by atoms with Crippen LogP contribution in [-0.2, 0) is 10.2 Å². The maximum absolute atomic E-state index is 12.8. The van der Waals surface area contributed by atoms with Crippen LogP contribution in [-0.4, -0.2) is 25.0 Å². The van der Waals surface area contributed by atoms with Gasteiger partial charge in [0.2, 0.25) is 5.91 Å². The lowest BCUT2D eigenvalue weighted by atomic mass is 9.78. The Morgan fingerprint density at radius 2 is 1.95 bits per heavy atom. The van der Waals surface area contributed by atoms with E-state index >= 15 is 0 Å². The minimum atomic E-state index is -0.344. The minimum absolute atomic E-state index is 0.191. The van der Waals surface area contributed by atoms with Gasteiger partial charge in [0, 0.05) is 17.6 Å². The molecule has 0 bridgehead atoms. The Labute approximate surface area is 131 Å². The highest BCUT2D eigenvalue weighted by Gasteiger charge is 2.42. The van der Waals surface area contributed by atoms with Crippen LogP contribution in [0.3, 0.4) is 0 Å². The van der Waals surface area contributed by atoms with E-state index in [1.54, 1.807) is 0 Å². The highest BCUT2D eigenvalue weighted by atomic mass is 35.5. The molecule has 2 N–H and O–H groups in total. The van der Waals surface area contributed by atoms with E-state index in [2.05, 4.69) is 10.6 Å². The van der Waals surface area contributed by atoms with Gasteiger partial charge in [-0.1, -0.05) is 36.6 Å². The van der Waals surface area contributed by atoms with Crippen molar-refractivity contribution in [3.63, 3.8) is 0 Å². The lowest BCUT2D eigenvalue weighted by Crippen LogP contribution is -2.46. The van der Waals surface area contributed by atoms with Crippen molar-refractivity contribution in [1.29, 1.82) is 0 Å². The van der Waals surface area contributed by atoms with E-state index in [0.717, 1.165) is 55.8 Å². The normalized spacial score (nSPS) is 24.1. The lowest BCUT2D eigenvalue weighted by Gasteiger charge is -2.29. The smallest absolute Gasteiger partial charge is 0.230 e. The number of hydrogen-bond donors (Lipinski definition) is 2. The zero-order valence-electron chi connectivity index (χ0n) is 12.3. The Bertz CT molecular complexity index is 488. The number of amides is 1. The van der Waals surface area contributed by atoms with Crippen LogP contribution in [0.2, 0.25) is 5.02 Å². The van der Waals surface area contributed by atoms with Crippen molar-refractivity contribution >= 4 is 17.5 Å². The van der Waals surface area contributed by atoms with Crippen molar-refractivity contribution in [2.24, 2.45) is 0 Å². The van der Waals surface area contributed by atoms with Crippen LogP contribution in [0.4, 0.5) is 0 Å². The Morgan fingerprint density at radius 1 is 1.24 bits per heavy atom. The molecule has 1 atom stereocenters. The van der Waals surface area contributed by atoms with Crippen molar-refractivity contribution < 1.29 is 4.79 Å². The van der Waals surface area contributed by atoms with Gasteiger partial charge in [0.05, 0.1) is 5.41 Å². The van der Waals surface area contributed by atoms with Crippen LogP contribution in [0.1, 0.15) is 44.1 Å². The summed E-state index contributed by atoms with van der Waals surface area (Å²) in [5, 5.41) is 7.34. The summed E-state index contributed by atoms with van der Waals surface area (Å²) >= 11 is 5.98. The summed E-state index contributed by atoms with van der Waals surface area (Å²) in [6.07, 6.45) is 6.50. The van der Waals surface area contributed by atoms with Gasteiger partial charge in [-0.15, -0.1) is 0 Å². The van der Waals surface area contributed by atoms with Gasteiger partial charge >= 0.3 is 0 Å². The summed E-state index contributed by atoms with van der Waals surface area (Å²) < 4.78 is 0. The van der Waals surface area contributed by atoms with E-state index in [9.17, 15) is 4.79 Å². The molecule has 2 fully saturated rings. The van der Waals surface area contributed by atoms with Crippen LogP contribution in [0.15, 0.2) is 24.3 Å². The van der Waals surface area contributed by atoms with Gasteiger partial charge in [-0.3, -0.25) is 4.79 Å². The molecule has 2 aliphatic rings. The molecule has 1 heterocycles. The minimum Gasteiger partial charge on any atom is -0.354 e. The maximum Gasteiger partial charge on any atom is 0.230 e. The molecule has 1 unspecified atom stereocenters.